The molecule has 0 N–H and O–H groups in total. The minimum atomic E-state index is -4.43. The highest BCUT2D eigenvalue weighted by molar-refractivity contribution is 6.07. The van der Waals surface area contributed by atoms with Gasteiger partial charge in [0.15, 0.2) is 0 Å². The maximum atomic E-state index is 13.5. The first-order chi connectivity index (χ1) is 12.7. The van der Waals surface area contributed by atoms with Crippen molar-refractivity contribution < 1.29 is 18.0 Å². The number of carbonyl (C=O) groups is 1. The van der Waals surface area contributed by atoms with Crippen LogP contribution < -0.4 is 4.90 Å². The van der Waals surface area contributed by atoms with Gasteiger partial charge in [0, 0.05) is 12.6 Å². The van der Waals surface area contributed by atoms with E-state index in [9.17, 15) is 18.0 Å². The number of hydrogen-bond acceptors (Lipinski definition) is 1. The fourth-order valence-corrected chi connectivity index (χ4v) is 4.56. The van der Waals surface area contributed by atoms with Crippen molar-refractivity contribution in [2.75, 3.05) is 11.9 Å². The Kier molecular flexibility index (Phi) is 3.95. The van der Waals surface area contributed by atoms with Crippen molar-refractivity contribution in [3.63, 3.8) is 0 Å². The summed E-state index contributed by atoms with van der Waals surface area (Å²) in [5.41, 5.74) is 3.28. The number of anilines is 1. The Hall–Kier alpha value is -2.56. The maximum absolute atomic E-state index is 13.5. The van der Waals surface area contributed by atoms with Crippen LogP contribution in [0.2, 0.25) is 0 Å². The molecule has 0 saturated carbocycles. The molecular formula is C22H20F3NO. The van der Waals surface area contributed by atoms with Gasteiger partial charge in [0.2, 0.25) is 5.91 Å². The molecule has 1 amide bonds. The average molecular weight is 371 g/mol. The van der Waals surface area contributed by atoms with E-state index in [0.29, 0.717) is 24.1 Å². The zero-order valence-corrected chi connectivity index (χ0v) is 15.2. The topological polar surface area (TPSA) is 20.3 Å². The highest BCUT2D eigenvalue weighted by atomic mass is 19.4. The number of carbonyl (C=O) groups excluding carboxylic acids is 1. The van der Waals surface area contributed by atoms with Crippen LogP contribution >= 0.6 is 0 Å². The van der Waals surface area contributed by atoms with Gasteiger partial charge in [0.25, 0.3) is 0 Å². The Morgan fingerprint density at radius 3 is 2.33 bits per heavy atom. The minimum absolute atomic E-state index is 0.451. The standard InChI is InChI=1S/C22H20F3NO/c1-21(13-22(23,24)25)17-12-11-14-7-3-4-8-15(14)19(17)16-9-5-6-10-18(16)26(2)20(21)27/h3-10H,11-13H2,1-2H3/t21-/m0/s1. The normalized spacial score (nSPS) is 22.1. The Morgan fingerprint density at radius 2 is 1.63 bits per heavy atom. The molecule has 1 heterocycles. The van der Waals surface area contributed by atoms with Crippen molar-refractivity contribution in [3.05, 3.63) is 70.8 Å². The molecule has 0 unspecified atom stereocenters. The Morgan fingerprint density at radius 1 is 1.00 bits per heavy atom. The van der Waals surface area contributed by atoms with Crippen LogP contribution in [0.3, 0.4) is 0 Å². The molecule has 0 bridgehead atoms. The molecule has 4 rings (SSSR count). The molecule has 0 aromatic heterocycles. The summed E-state index contributed by atoms with van der Waals surface area (Å²) in [6, 6.07) is 15.2. The Balaban J connectivity index is 2.07. The smallest absolute Gasteiger partial charge is 0.314 e. The molecule has 0 spiro atoms. The van der Waals surface area contributed by atoms with Crippen molar-refractivity contribution in [1.29, 1.82) is 0 Å². The van der Waals surface area contributed by atoms with Gasteiger partial charge in [-0.3, -0.25) is 4.79 Å². The van der Waals surface area contributed by atoms with E-state index in [1.54, 1.807) is 13.1 Å². The van der Waals surface area contributed by atoms with Crippen LogP contribution in [-0.4, -0.2) is 19.1 Å². The van der Waals surface area contributed by atoms with E-state index in [0.717, 1.165) is 22.3 Å². The molecule has 27 heavy (non-hydrogen) atoms. The van der Waals surface area contributed by atoms with E-state index in [1.807, 2.05) is 42.5 Å². The van der Waals surface area contributed by atoms with Crippen LogP contribution in [0, 0.1) is 5.41 Å². The minimum Gasteiger partial charge on any atom is -0.314 e. The number of alkyl halides is 3. The molecule has 0 saturated heterocycles. The van der Waals surface area contributed by atoms with Gasteiger partial charge in [-0.25, -0.2) is 0 Å². The quantitative estimate of drug-likeness (QED) is 0.660. The molecular weight excluding hydrogens is 351 g/mol. The molecule has 2 aliphatic rings. The molecule has 5 heteroatoms. The zero-order chi connectivity index (χ0) is 19.4. The number of fused-ring (bicyclic) bond motifs is 4. The summed E-state index contributed by atoms with van der Waals surface area (Å²) in [6.45, 7) is 1.45. The van der Waals surface area contributed by atoms with Gasteiger partial charge in [0.05, 0.1) is 17.5 Å². The lowest BCUT2D eigenvalue weighted by molar-refractivity contribution is -0.161. The fourth-order valence-electron chi connectivity index (χ4n) is 4.56. The third-order valence-electron chi connectivity index (χ3n) is 5.76. The maximum Gasteiger partial charge on any atom is 0.390 e. The summed E-state index contributed by atoms with van der Waals surface area (Å²) < 4.78 is 40.5. The van der Waals surface area contributed by atoms with Crippen molar-refractivity contribution in [2.24, 2.45) is 5.41 Å². The van der Waals surface area contributed by atoms with Gasteiger partial charge in [0.1, 0.15) is 0 Å². The first-order valence-corrected chi connectivity index (χ1v) is 8.98. The van der Waals surface area contributed by atoms with Crippen LogP contribution in [-0.2, 0) is 11.2 Å². The Bertz CT molecular complexity index is 960. The molecule has 0 fully saturated rings. The summed E-state index contributed by atoms with van der Waals surface area (Å²) >= 11 is 0. The van der Waals surface area contributed by atoms with Crippen LogP contribution in [0.25, 0.3) is 5.57 Å². The zero-order valence-electron chi connectivity index (χ0n) is 15.2. The summed E-state index contributed by atoms with van der Waals surface area (Å²) in [4.78, 5) is 14.7. The highest BCUT2D eigenvalue weighted by Gasteiger charge is 2.51. The molecule has 1 aliphatic carbocycles. The summed E-state index contributed by atoms with van der Waals surface area (Å²) in [5, 5.41) is 0. The number of para-hydroxylation sites is 1. The molecule has 1 aliphatic heterocycles. The first-order valence-electron chi connectivity index (χ1n) is 8.98. The van der Waals surface area contributed by atoms with Crippen LogP contribution in [0.15, 0.2) is 54.1 Å². The van der Waals surface area contributed by atoms with Gasteiger partial charge in [-0.2, -0.15) is 13.2 Å². The Labute approximate surface area is 156 Å². The lowest BCUT2D eigenvalue weighted by Crippen LogP contribution is -2.44. The van der Waals surface area contributed by atoms with Crippen molar-refractivity contribution in [3.8, 4) is 0 Å². The van der Waals surface area contributed by atoms with E-state index in [4.69, 9.17) is 0 Å². The van der Waals surface area contributed by atoms with E-state index < -0.39 is 23.9 Å². The third-order valence-corrected chi connectivity index (χ3v) is 5.76. The van der Waals surface area contributed by atoms with Crippen LogP contribution in [0.5, 0.6) is 0 Å². The number of nitrogens with zero attached hydrogens (tertiary/aromatic N) is 1. The largest absolute Gasteiger partial charge is 0.390 e. The van der Waals surface area contributed by atoms with E-state index in [1.165, 1.54) is 11.8 Å². The average Bonchev–Trinajstić information content (AvgIpc) is 2.70. The summed E-state index contributed by atoms with van der Waals surface area (Å²) in [6.07, 6.45) is -4.50. The molecule has 140 valence electrons. The number of aryl methyl sites for hydroxylation is 1. The number of halogens is 3. The molecule has 2 nitrogen and oxygen atoms in total. The van der Waals surface area contributed by atoms with Gasteiger partial charge < -0.3 is 4.90 Å². The number of amides is 1. The monoisotopic (exact) mass is 371 g/mol. The van der Waals surface area contributed by atoms with Crippen molar-refractivity contribution >= 4 is 17.2 Å². The summed E-state index contributed by atoms with van der Waals surface area (Å²) in [5.74, 6) is -0.503. The fraction of sp³-hybridized carbons (Fsp3) is 0.318. The molecule has 2 aromatic carbocycles. The molecule has 2 aromatic rings. The van der Waals surface area contributed by atoms with Gasteiger partial charge in [-0.1, -0.05) is 42.5 Å². The number of benzene rings is 2. The molecule has 0 radical (unpaired) electrons. The predicted octanol–water partition coefficient (Wildman–Crippen LogP) is 5.37. The second kappa shape index (κ2) is 5.98. The second-order valence-corrected chi connectivity index (χ2v) is 7.52. The lowest BCUT2D eigenvalue weighted by atomic mass is 9.69. The van der Waals surface area contributed by atoms with E-state index in [-0.39, 0.29) is 0 Å². The molecule has 1 atom stereocenters. The number of rotatable bonds is 1. The third kappa shape index (κ3) is 2.76. The van der Waals surface area contributed by atoms with E-state index in [2.05, 4.69) is 0 Å². The van der Waals surface area contributed by atoms with Crippen LogP contribution in [0.1, 0.15) is 36.5 Å². The van der Waals surface area contributed by atoms with Crippen LogP contribution in [0.4, 0.5) is 18.9 Å². The van der Waals surface area contributed by atoms with E-state index >= 15 is 0 Å². The summed E-state index contributed by atoms with van der Waals surface area (Å²) in [7, 11) is 1.57. The van der Waals surface area contributed by atoms with Gasteiger partial charge >= 0.3 is 6.18 Å². The number of hydrogen-bond donors (Lipinski definition) is 0. The second-order valence-electron chi connectivity index (χ2n) is 7.52. The predicted molar refractivity (Wildman–Crippen MR) is 99.4 cm³/mol. The SMILES string of the molecule is CN1C(=O)[C@@](C)(CC(F)(F)F)C2=C(c3ccccc3CC2)c2ccccc21. The van der Waals surface area contributed by atoms with Crippen molar-refractivity contribution in [2.45, 2.75) is 32.4 Å². The lowest BCUT2D eigenvalue weighted by Gasteiger charge is -2.36. The first kappa shape index (κ1) is 17.8. The van der Waals surface area contributed by atoms with Crippen molar-refractivity contribution in [1.82, 2.24) is 0 Å². The van der Waals surface area contributed by atoms with Gasteiger partial charge in [-0.15, -0.1) is 0 Å². The van der Waals surface area contributed by atoms with Gasteiger partial charge in [-0.05, 0) is 48.1 Å². The highest BCUT2D eigenvalue weighted by Crippen LogP contribution is 2.52.